The molecule has 3 heteroatoms. The molecule has 0 amide bonds. The molecule has 1 aromatic carbocycles. The van der Waals surface area contributed by atoms with Crippen LogP contribution in [0, 0.1) is 12.7 Å². The molecule has 1 nitrogen and oxygen atoms in total. The van der Waals surface area contributed by atoms with E-state index in [0.29, 0.717) is 17.1 Å². The highest BCUT2D eigenvalue weighted by Gasteiger charge is 2.07. The standard InChI is InChI=1S/C9H11ClFN/c1-6-3-4-8(11)7(5-12-2)9(6)10/h3-4,12H,5H2,1-2H3. The Labute approximate surface area is 76.5 Å². The van der Waals surface area contributed by atoms with Gasteiger partial charge in [-0.25, -0.2) is 4.39 Å². The number of halogens is 2. The van der Waals surface area contributed by atoms with Crippen molar-refractivity contribution in [1.82, 2.24) is 5.32 Å². The van der Waals surface area contributed by atoms with Gasteiger partial charge in [-0.3, -0.25) is 0 Å². The van der Waals surface area contributed by atoms with Crippen molar-refractivity contribution in [3.8, 4) is 0 Å². The number of hydrogen-bond acceptors (Lipinski definition) is 1. The van der Waals surface area contributed by atoms with Crippen molar-refractivity contribution < 1.29 is 4.39 Å². The summed E-state index contributed by atoms with van der Waals surface area (Å²) in [4.78, 5) is 0. The van der Waals surface area contributed by atoms with E-state index in [1.807, 2.05) is 6.92 Å². The second-order valence-corrected chi connectivity index (χ2v) is 3.07. The smallest absolute Gasteiger partial charge is 0.129 e. The first-order chi connectivity index (χ1) is 5.66. The maximum Gasteiger partial charge on any atom is 0.129 e. The third-order valence-corrected chi connectivity index (χ3v) is 2.26. The maximum absolute atomic E-state index is 13.1. The Bertz CT molecular complexity index is 286. The van der Waals surface area contributed by atoms with E-state index in [4.69, 9.17) is 11.6 Å². The van der Waals surface area contributed by atoms with Crippen LogP contribution in [0.1, 0.15) is 11.1 Å². The minimum absolute atomic E-state index is 0.250. The molecule has 0 aliphatic heterocycles. The molecule has 0 bridgehead atoms. The monoisotopic (exact) mass is 187 g/mol. The van der Waals surface area contributed by atoms with E-state index < -0.39 is 0 Å². The summed E-state index contributed by atoms with van der Waals surface area (Å²) in [7, 11) is 1.76. The van der Waals surface area contributed by atoms with Crippen LogP contribution >= 0.6 is 11.6 Å². The van der Waals surface area contributed by atoms with Crippen molar-refractivity contribution in [3.05, 3.63) is 34.1 Å². The van der Waals surface area contributed by atoms with Gasteiger partial charge in [-0.2, -0.15) is 0 Å². The first kappa shape index (κ1) is 9.49. The molecule has 0 aromatic heterocycles. The van der Waals surface area contributed by atoms with Crippen molar-refractivity contribution in [2.75, 3.05) is 7.05 Å². The molecule has 1 rings (SSSR count). The summed E-state index contributed by atoms with van der Waals surface area (Å²) < 4.78 is 13.1. The van der Waals surface area contributed by atoms with Crippen molar-refractivity contribution in [3.63, 3.8) is 0 Å². The fraction of sp³-hybridized carbons (Fsp3) is 0.333. The quantitative estimate of drug-likeness (QED) is 0.750. The summed E-state index contributed by atoms with van der Waals surface area (Å²) in [5.74, 6) is -0.250. The van der Waals surface area contributed by atoms with Gasteiger partial charge in [-0.05, 0) is 25.6 Å². The lowest BCUT2D eigenvalue weighted by molar-refractivity contribution is 0.600. The van der Waals surface area contributed by atoms with Gasteiger partial charge in [-0.15, -0.1) is 0 Å². The molecule has 0 heterocycles. The molecular weight excluding hydrogens is 177 g/mol. The summed E-state index contributed by atoms with van der Waals surface area (Å²) in [6, 6.07) is 3.12. The van der Waals surface area contributed by atoms with Crippen molar-refractivity contribution in [2.45, 2.75) is 13.5 Å². The molecule has 0 unspecified atom stereocenters. The normalized spacial score (nSPS) is 10.3. The van der Waals surface area contributed by atoms with Crippen LogP contribution in [-0.4, -0.2) is 7.05 Å². The van der Waals surface area contributed by atoms with Crippen LogP contribution in [0.25, 0.3) is 0 Å². The molecule has 0 saturated carbocycles. The van der Waals surface area contributed by atoms with Gasteiger partial charge in [0.25, 0.3) is 0 Å². The van der Waals surface area contributed by atoms with Gasteiger partial charge in [0, 0.05) is 12.1 Å². The predicted molar refractivity (Wildman–Crippen MR) is 48.9 cm³/mol. The second-order valence-electron chi connectivity index (χ2n) is 2.69. The van der Waals surface area contributed by atoms with Crippen LogP contribution in [0.5, 0.6) is 0 Å². The predicted octanol–water partition coefficient (Wildman–Crippen LogP) is 2.51. The van der Waals surface area contributed by atoms with Crippen LogP contribution < -0.4 is 5.32 Å². The van der Waals surface area contributed by atoms with E-state index >= 15 is 0 Å². The third kappa shape index (κ3) is 1.76. The highest BCUT2D eigenvalue weighted by Crippen LogP contribution is 2.22. The van der Waals surface area contributed by atoms with Gasteiger partial charge in [0.15, 0.2) is 0 Å². The highest BCUT2D eigenvalue weighted by molar-refractivity contribution is 6.32. The van der Waals surface area contributed by atoms with E-state index in [1.165, 1.54) is 6.07 Å². The minimum atomic E-state index is -0.250. The summed E-state index contributed by atoms with van der Waals surface area (Å²) in [5, 5.41) is 3.39. The molecule has 1 N–H and O–H groups in total. The molecule has 0 saturated heterocycles. The van der Waals surface area contributed by atoms with E-state index in [9.17, 15) is 4.39 Å². The van der Waals surface area contributed by atoms with Gasteiger partial charge >= 0.3 is 0 Å². The molecule has 0 atom stereocenters. The molecular formula is C9H11ClFN. The molecule has 0 fully saturated rings. The van der Waals surface area contributed by atoms with E-state index in [1.54, 1.807) is 13.1 Å². The SMILES string of the molecule is CNCc1c(F)ccc(C)c1Cl. The Morgan fingerprint density at radius 3 is 2.75 bits per heavy atom. The van der Waals surface area contributed by atoms with E-state index in [0.717, 1.165) is 5.56 Å². The van der Waals surface area contributed by atoms with Crippen LogP contribution in [0.15, 0.2) is 12.1 Å². The van der Waals surface area contributed by atoms with Gasteiger partial charge in [0.05, 0.1) is 5.02 Å². The van der Waals surface area contributed by atoms with Crippen LogP contribution in [0.3, 0.4) is 0 Å². The van der Waals surface area contributed by atoms with E-state index in [2.05, 4.69) is 5.32 Å². The number of aryl methyl sites for hydroxylation is 1. The Kier molecular flexibility index (Phi) is 3.06. The second kappa shape index (κ2) is 3.87. The van der Waals surface area contributed by atoms with Crippen LogP contribution in [-0.2, 0) is 6.54 Å². The summed E-state index contributed by atoms with van der Waals surface area (Å²) in [5.41, 5.74) is 1.45. The number of nitrogens with one attached hydrogen (secondary N) is 1. The van der Waals surface area contributed by atoms with Crippen molar-refractivity contribution in [2.24, 2.45) is 0 Å². The molecule has 0 aliphatic rings. The largest absolute Gasteiger partial charge is 0.316 e. The van der Waals surface area contributed by atoms with Crippen molar-refractivity contribution >= 4 is 11.6 Å². The van der Waals surface area contributed by atoms with Crippen LogP contribution in [0.2, 0.25) is 5.02 Å². The third-order valence-electron chi connectivity index (χ3n) is 1.73. The lowest BCUT2D eigenvalue weighted by Crippen LogP contribution is -2.08. The van der Waals surface area contributed by atoms with Crippen molar-refractivity contribution in [1.29, 1.82) is 0 Å². The zero-order valence-corrected chi connectivity index (χ0v) is 7.87. The summed E-state index contributed by atoms with van der Waals surface area (Å²) >= 11 is 5.90. The first-order valence-corrected chi connectivity index (χ1v) is 4.12. The van der Waals surface area contributed by atoms with Gasteiger partial charge in [-0.1, -0.05) is 17.7 Å². The van der Waals surface area contributed by atoms with Gasteiger partial charge in [0.1, 0.15) is 5.82 Å². The van der Waals surface area contributed by atoms with Gasteiger partial charge in [0.2, 0.25) is 0 Å². The Hall–Kier alpha value is -0.600. The molecule has 1 aromatic rings. The lowest BCUT2D eigenvalue weighted by Gasteiger charge is -2.06. The molecule has 0 aliphatic carbocycles. The molecule has 0 radical (unpaired) electrons. The van der Waals surface area contributed by atoms with Crippen LogP contribution in [0.4, 0.5) is 4.39 Å². The fourth-order valence-electron chi connectivity index (χ4n) is 1.05. The van der Waals surface area contributed by atoms with E-state index in [-0.39, 0.29) is 5.82 Å². The Balaban J connectivity index is 3.14. The summed E-state index contributed by atoms with van der Waals surface area (Å²) in [6.07, 6.45) is 0. The average molecular weight is 188 g/mol. The van der Waals surface area contributed by atoms with Gasteiger partial charge < -0.3 is 5.32 Å². The number of hydrogen-bond donors (Lipinski definition) is 1. The zero-order valence-electron chi connectivity index (χ0n) is 7.12. The molecule has 12 heavy (non-hydrogen) atoms. The number of rotatable bonds is 2. The zero-order chi connectivity index (χ0) is 9.14. The Morgan fingerprint density at radius 2 is 2.17 bits per heavy atom. The average Bonchev–Trinajstić information content (AvgIpc) is 2.06. The first-order valence-electron chi connectivity index (χ1n) is 3.75. The maximum atomic E-state index is 13.1. The molecule has 0 spiro atoms. The Morgan fingerprint density at radius 1 is 1.50 bits per heavy atom. The fourth-order valence-corrected chi connectivity index (χ4v) is 1.27. The number of benzene rings is 1. The topological polar surface area (TPSA) is 12.0 Å². The highest BCUT2D eigenvalue weighted by atomic mass is 35.5. The summed E-state index contributed by atoms with van der Waals surface area (Å²) in [6.45, 7) is 2.33. The minimum Gasteiger partial charge on any atom is -0.316 e. The molecule has 66 valence electrons. The lowest BCUT2D eigenvalue weighted by atomic mass is 10.1.